The van der Waals surface area contributed by atoms with Gasteiger partial charge < -0.3 is 14.5 Å². The third kappa shape index (κ3) is 4.13. The van der Waals surface area contributed by atoms with Crippen LogP contribution in [-0.2, 0) is 16.0 Å². The van der Waals surface area contributed by atoms with Gasteiger partial charge in [-0.2, -0.15) is 0 Å². The van der Waals surface area contributed by atoms with Gasteiger partial charge in [-0.3, -0.25) is 9.59 Å². The average Bonchev–Trinajstić information content (AvgIpc) is 2.75. The fourth-order valence-electron chi connectivity index (χ4n) is 2.55. The molecule has 1 heterocycles. The number of carbonyl (C=O) groups excluding carboxylic acids is 2. The first-order chi connectivity index (χ1) is 10.5. The zero-order valence-corrected chi connectivity index (χ0v) is 13.7. The van der Waals surface area contributed by atoms with E-state index >= 15 is 0 Å². The van der Waals surface area contributed by atoms with E-state index in [0.29, 0.717) is 37.0 Å². The van der Waals surface area contributed by atoms with E-state index in [4.69, 9.17) is 16.3 Å². The van der Waals surface area contributed by atoms with Crippen molar-refractivity contribution < 1.29 is 14.3 Å². The van der Waals surface area contributed by atoms with Gasteiger partial charge >= 0.3 is 0 Å². The summed E-state index contributed by atoms with van der Waals surface area (Å²) in [6.45, 7) is 4.12. The van der Waals surface area contributed by atoms with Gasteiger partial charge in [0, 0.05) is 38.1 Å². The summed E-state index contributed by atoms with van der Waals surface area (Å²) in [7, 11) is 1.58. The van der Waals surface area contributed by atoms with Crippen LogP contribution in [0.4, 0.5) is 0 Å². The first kappa shape index (κ1) is 16.6. The van der Waals surface area contributed by atoms with E-state index in [1.165, 1.54) is 0 Å². The lowest BCUT2D eigenvalue weighted by Gasteiger charge is -2.21. The van der Waals surface area contributed by atoms with Gasteiger partial charge in [0.1, 0.15) is 5.75 Å². The second-order valence-corrected chi connectivity index (χ2v) is 5.78. The second kappa shape index (κ2) is 7.49. The molecule has 0 N–H and O–H groups in total. The molecule has 22 heavy (non-hydrogen) atoms. The Morgan fingerprint density at radius 3 is 2.50 bits per heavy atom. The fraction of sp³-hybridized carbons (Fsp3) is 0.500. The van der Waals surface area contributed by atoms with Crippen molar-refractivity contribution in [3.8, 4) is 5.75 Å². The van der Waals surface area contributed by atoms with E-state index in [-0.39, 0.29) is 18.2 Å². The highest BCUT2D eigenvalue weighted by Crippen LogP contribution is 2.23. The van der Waals surface area contributed by atoms with Crippen LogP contribution in [0, 0.1) is 0 Å². The van der Waals surface area contributed by atoms with Crippen LogP contribution >= 0.6 is 11.6 Å². The molecule has 5 nitrogen and oxygen atoms in total. The second-order valence-electron chi connectivity index (χ2n) is 5.37. The van der Waals surface area contributed by atoms with E-state index in [1.54, 1.807) is 31.1 Å². The zero-order valence-electron chi connectivity index (χ0n) is 13.0. The van der Waals surface area contributed by atoms with Gasteiger partial charge in [-0.05, 0) is 24.1 Å². The van der Waals surface area contributed by atoms with Gasteiger partial charge in [0.25, 0.3) is 0 Å². The van der Waals surface area contributed by atoms with Crippen molar-refractivity contribution in [1.82, 2.24) is 9.80 Å². The molecule has 1 fully saturated rings. The number of carbonyl (C=O) groups is 2. The molecule has 0 bridgehead atoms. The fourth-order valence-corrected chi connectivity index (χ4v) is 2.79. The first-order valence-corrected chi connectivity index (χ1v) is 7.74. The number of hydrogen-bond donors (Lipinski definition) is 0. The van der Waals surface area contributed by atoms with Crippen LogP contribution in [0.5, 0.6) is 5.75 Å². The Labute approximate surface area is 135 Å². The lowest BCUT2D eigenvalue weighted by atomic mass is 10.1. The lowest BCUT2D eigenvalue weighted by Crippen LogP contribution is -2.37. The number of rotatable bonds is 3. The minimum absolute atomic E-state index is 0.0393. The van der Waals surface area contributed by atoms with Crippen LogP contribution in [0.2, 0.25) is 5.02 Å². The molecule has 2 amide bonds. The summed E-state index contributed by atoms with van der Waals surface area (Å²) in [4.78, 5) is 27.4. The predicted octanol–water partition coefficient (Wildman–Crippen LogP) is 1.97. The molecule has 0 saturated carbocycles. The SMILES string of the molecule is COc1ccc(CC(=O)N2CCCN(C(C)=O)CC2)c(Cl)c1. The normalized spacial score (nSPS) is 15.4. The number of ether oxygens (including phenoxy) is 1. The van der Waals surface area contributed by atoms with E-state index in [0.717, 1.165) is 12.0 Å². The molecular weight excluding hydrogens is 304 g/mol. The number of benzene rings is 1. The Morgan fingerprint density at radius 1 is 1.18 bits per heavy atom. The average molecular weight is 325 g/mol. The largest absolute Gasteiger partial charge is 0.497 e. The van der Waals surface area contributed by atoms with E-state index in [2.05, 4.69) is 0 Å². The van der Waals surface area contributed by atoms with Crippen LogP contribution in [0.15, 0.2) is 18.2 Å². The minimum Gasteiger partial charge on any atom is -0.497 e. The molecule has 120 valence electrons. The van der Waals surface area contributed by atoms with Gasteiger partial charge in [0.2, 0.25) is 11.8 Å². The maximum Gasteiger partial charge on any atom is 0.227 e. The highest BCUT2D eigenvalue weighted by Gasteiger charge is 2.21. The van der Waals surface area contributed by atoms with Crippen molar-refractivity contribution in [2.45, 2.75) is 19.8 Å². The smallest absolute Gasteiger partial charge is 0.227 e. The highest BCUT2D eigenvalue weighted by molar-refractivity contribution is 6.31. The minimum atomic E-state index is 0.0393. The van der Waals surface area contributed by atoms with Crippen molar-refractivity contribution in [2.75, 3.05) is 33.3 Å². The molecule has 1 aromatic rings. The maximum atomic E-state index is 12.4. The van der Waals surface area contributed by atoms with E-state index in [9.17, 15) is 9.59 Å². The Kier molecular flexibility index (Phi) is 5.66. The van der Waals surface area contributed by atoms with Crippen molar-refractivity contribution in [1.29, 1.82) is 0 Å². The molecule has 0 spiro atoms. The van der Waals surface area contributed by atoms with Gasteiger partial charge in [-0.15, -0.1) is 0 Å². The molecule has 0 aliphatic carbocycles. The quantitative estimate of drug-likeness (QED) is 0.854. The molecule has 1 aliphatic heterocycles. The summed E-state index contributed by atoms with van der Waals surface area (Å²) in [5.41, 5.74) is 0.792. The van der Waals surface area contributed by atoms with E-state index in [1.807, 2.05) is 11.0 Å². The zero-order chi connectivity index (χ0) is 16.1. The Balaban J connectivity index is 1.98. The Hall–Kier alpha value is -1.75. The lowest BCUT2D eigenvalue weighted by molar-refractivity contribution is -0.132. The van der Waals surface area contributed by atoms with E-state index < -0.39 is 0 Å². The van der Waals surface area contributed by atoms with Gasteiger partial charge in [0.05, 0.1) is 13.5 Å². The van der Waals surface area contributed by atoms with Crippen LogP contribution in [0.3, 0.4) is 0 Å². The third-order valence-corrected chi connectivity index (χ3v) is 4.25. The number of halogens is 1. The Morgan fingerprint density at radius 2 is 1.86 bits per heavy atom. The summed E-state index contributed by atoms with van der Waals surface area (Å²) in [6.07, 6.45) is 1.07. The highest BCUT2D eigenvalue weighted by atomic mass is 35.5. The van der Waals surface area contributed by atoms with Crippen molar-refractivity contribution >= 4 is 23.4 Å². The van der Waals surface area contributed by atoms with Crippen LogP contribution in [0.25, 0.3) is 0 Å². The molecule has 0 radical (unpaired) electrons. The summed E-state index contributed by atoms with van der Waals surface area (Å²) < 4.78 is 5.10. The Bertz CT molecular complexity index is 562. The first-order valence-electron chi connectivity index (χ1n) is 7.37. The molecule has 0 atom stereocenters. The van der Waals surface area contributed by atoms with Crippen molar-refractivity contribution in [3.63, 3.8) is 0 Å². The molecular formula is C16H21ClN2O3. The molecule has 1 saturated heterocycles. The summed E-state index contributed by atoms with van der Waals surface area (Å²) >= 11 is 6.18. The number of amides is 2. The predicted molar refractivity (Wildman–Crippen MR) is 85.2 cm³/mol. The molecule has 0 unspecified atom stereocenters. The summed E-state index contributed by atoms with van der Waals surface area (Å²) in [5, 5.41) is 0.535. The topological polar surface area (TPSA) is 49.9 Å². The summed E-state index contributed by atoms with van der Waals surface area (Å²) in [6, 6.07) is 5.33. The number of methoxy groups -OCH3 is 1. The molecule has 2 rings (SSSR count). The third-order valence-electron chi connectivity index (χ3n) is 3.90. The summed E-state index contributed by atoms with van der Waals surface area (Å²) in [5.74, 6) is 0.776. The number of hydrogen-bond acceptors (Lipinski definition) is 3. The van der Waals surface area contributed by atoms with Crippen LogP contribution in [0.1, 0.15) is 18.9 Å². The van der Waals surface area contributed by atoms with Gasteiger partial charge in [0.15, 0.2) is 0 Å². The van der Waals surface area contributed by atoms with Crippen molar-refractivity contribution in [3.05, 3.63) is 28.8 Å². The standard InChI is InChI=1S/C16H21ClN2O3/c1-12(20)18-6-3-7-19(9-8-18)16(21)10-13-4-5-14(22-2)11-15(13)17/h4-5,11H,3,6-10H2,1-2H3. The van der Waals surface area contributed by atoms with Gasteiger partial charge in [-0.25, -0.2) is 0 Å². The molecule has 0 aromatic heterocycles. The monoisotopic (exact) mass is 324 g/mol. The molecule has 1 aliphatic rings. The maximum absolute atomic E-state index is 12.4. The van der Waals surface area contributed by atoms with Gasteiger partial charge in [-0.1, -0.05) is 17.7 Å². The van der Waals surface area contributed by atoms with Crippen LogP contribution in [-0.4, -0.2) is 54.9 Å². The van der Waals surface area contributed by atoms with Crippen molar-refractivity contribution in [2.24, 2.45) is 0 Å². The number of nitrogens with zero attached hydrogens (tertiary/aromatic N) is 2. The molecule has 6 heteroatoms. The van der Waals surface area contributed by atoms with Crippen LogP contribution < -0.4 is 4.74 Å². The molecule has 1 aromatic carbocycles.